The number of thiophene rings is 1. The highest BCUT2D eigenvalue weighted by Gasteiger charge is 2.09. The number of thiazole rings is 1. The maximum absolute atomic E-state index is 11.9. The van der Waals surface area contributed by atoms with E-state index in [1.807, 2.05) is 35.0 Å². The minimum Gasteiger partial charge on any atom is -0.491 e. The second-order valence-electron chi connectivity index (χ2n) is 4.59. The molecule has 0 aliphatic carbocycles. The van der Waals surface area contributed by atoms with Crippen LogP contribution in [-0.4, -0.2) is 17.5 Å². The van der Waals surface area contributed by atoms with Crippen LogP contribution in [0.15, 0.2) is 47.2 Å². The Morgan fingerprint density at radius 2 is 2.09 bits per heavy atom. The van der Waals surface area contributed by atoms with Crippen molar-refractivity contribution in [1.29, 1.82) is 0 Å². The van der Waals surface area contributed by atoms with Gasteiger partial charge in [-0.1, -0.05) is 29.8 Å². The first-order valence-electron chi connectivity index (χ1n) is 6.89. The van der Waals surface area contributed by atoms with E-state index >= 15 is 0 Å². The monoisotopic (exact) mass is 364 g/mol. The molecular weight excluding hydrogens is 352 g/mol. The van der Waals surface area contributed by atoms with Crippen LogP contribution < -0.4 is 10.1 Å². The predicted molar refractivity (Wildman–Crippen MR) is 95.6 cm³/mol. The van der Waals surface area contributed by atoms with Crippen LogP contribution in [0.3, 0.4) is 0 Å². The Hall–Kier alpha value is -1.89. The van der Waals surface area contributed by atoms with Gasteiger partial charge in [0.1, 0.15) is 5.75 Å². The molecule has 2 aromatic heterocycles. The van der Waals surface area contributed by atoms with Gasteiger partial charge in [0, 0.05) is 5.38 Å². The van der Waals surface area contributed by atoms with Crippen LogP contribution in [0, 0.1) is 0 Å². The topological polar surface area (TPSA) is 51.2 Å². The predicted octanol–water partition coefficient (Wildman–Crippen LogP) is 4.93. The largest absolute Gasteiger partial charge is 0.491 e. The summed E-state index contributed by atoms with van der Waals surface area (Å²) in [4.78, 5) is 17.4. The molecule has 3 aromatic rings. The average Bonchev–Trinajstić information content (AvgIpc) is 3.20. The van der Waals surface area contributed by atoms with Crippen LogP contribution in [0.2, 0.25) is 5.02 Å². The van der Waals surface area contributed by atoms with Gasteiger partial charge in [-0.25, -0.2) is 4.98 Å². The summed E-state index contributed by atoms with van der Waals surface area (Å²) in [6, 6.07) is 11.2. The number of aromatic nitrogens is 1. The lowest BCUT2D eigenvalue weighted by Crippen LogP contribution is -2.15. The van der Waals surface area contributed by atoms with Gasteiger partial charge in [-0.2, -0.15) is 0 Å². The first-order valence-corrected chi connectivity index (χ1v) is 9.02. The lowest BCUT2D eigenvalue weighted by molar-refractivity contribution is -0.116. The van der Waals surface area contributed by atoms with Gasteiger partial charge in [0.05, 0.1) is 28.6 Å². The number of para-hydroxylation sites is 1. The summed E-state index contributed by atoms with van der Waals surface area (Å²) in [5.74, 6) is 0.445. The quantitative estimate of drug-likeness (QED) is 0.674. The molecule has 0 radical (unpaired) electrons. The molecule has 0 unspecified atom stereocenters. The van der Waals surface area contributed by atoms with Crippen LogP contribution in [0.1, 0.15) is 6.42 Å². The zero-order valence-corrected chi connectivity index (χ0v) is 14.4. The van der Waals surface area contributed by atoms with Gasteiger partial charge in [0.2, 0.25) is 5.91 Å². The lowest BCUT2D eigenvalue weighted by Gasteiger charge is -2.07. The van der Waals surface area contributed by atoms with Crippen molar-refractivity contribution < 1.29 is 9.53 Å². The van der Waals surface area contributed by atoms with Crippen molar-refractivity contribution in [2.45, 2.75) is 6.42 Å². The number of benzene rings is 1. The summed E-state index contributed by atoms with van der Waals surface area (Å²) >= 11 is 9.02. The Labute approximate surface area is 146 Å². The van der Waals surface area contributed by atoms with Crippen LogP contribution in [0.5, 0.6) is 5.75 Å². The van der Waals surface area contributed by atoms with Crippen molar-refractivity contribution in [3.63, 3.8) is 0 Å². The van der Waals surface area contributed by atoms with Gasteiger partial charge < -0.3 is 10.1 Å². The van der Waals surface area contributed by atoms with Gasteiger partial charge in [-0.05, 0) is 23.6 Å². The number of carbonyl (C=O) groups excluding carboxylic acids is 1. The van der Waals surface area contributed by atoms with Crippen molar-refractivity contribution in [2.24, 2.45) is 0 Å². The molecule has 7 heteroatoms. The van der Waals surface area contributed by atoms with Crippen LogP contribution >= 0.6 is 34.3 Å². The van der Waals surface area contributed by atoms with Gasteiger partial charge in [-0.3, -0.25) is 4.79 Å². The SMILES string of the molecule is O=C(CCOc1ccccc1Cl)Nc1nc(-c2cccs2)cs1. The molecule has 1 aromatic carbocycles. The second kappa shape index (κ2) is 7.59. The van der Waals surface area contributed by atoms with E-state index in [0.717, 1.165) is 10.6 Å². The number of nitrogens with zero attached hydrogens (tertiary/aromatic N) is 1. The summed E-state index contributed by atoms with van der Waals surface area (Å²) in [6.07, 6.45) is 0.235. The second-order valence-corrected chi connectivity index (χ2v) is 6.81. The number of carbonyl (C=O) groups is 1. The molecule has 0 saturated heterocycles. The number of halogens is 1. The van der Waals surface area contributed by atoms with Crippen LogP contribution in [0.25, 0.3) is 10.6 Å². The van der Waals surface area contributed by atoms with E-state index in [0.29, 0.717) is 15.9 Å². The normalized spacial score (nSPS) is 10.5. The molecule has 2 heterocycles. The highest BCUT2D eigenvalue weighted by atomic mass is 35.5. The Balaban J connectivity index is 1.49. The molecule has 3 rings (SSSR count). The van der Waals surface area contributed by atoms with Crippen LogP contribution in [0.4, 0.5) is 5.13 Å². The summed E-state index contributed by atoms with van der Waals surface area (Å²) in [5.41, 5.74) is 0.882. The van der Waals surface area contributed by atoms with Crippen LogP contribution in [-0.2, 0) is 4.79 Å². The Kier molecular flexibility index (Phi) is 5.27. The molecule has 0 atom stereocenters. The van der Waals surface area contributed by atoms with Gasteiger partial charge in [0.25, 0.3) is 0 Å². The van der Waals surface area contributed by atoms with E-state index in [1.54, 1.807) is 23.5 Å². The highest BCUT2D eigenvalue weighted by molar-refractivity contribution is 7.16. The summed E-state index contributed by atoms with van der Waals surface area (Å²) in [7, 11) is 0. The fourth-order valence-corrected chi connectivity index (χ4v) is 3.54. The van der Waals surface area contributed by atoms with Gasteiger partial charge in [0.15, 0.2) is 5.13 Å². The van der Waals surface area contributed by atoms with E-state index in [1.165, 1.54) is 11.3 Å². The average molecular weight is 365 g/mol. The Bertz CT molecular complexity index is 787. The summed E-state index contributed by atoms with van der Waals surface area (Å²) in [6.45, 7) is 0.263. The van der Waals surface area contributed by atoms with E-state index in [9.17, 15) is 4.79 Å². The van der Waals surface area contributed by atoms with E-state index in [-0.39, 0.29) is 18.9 Å². The Morgan fingerprint density at radius 1 is 1.22 bits per heavy atom. The van der Waals surface area contributed by atoms with Crippen molar-refractivity contribution in [3.05, 3.63) is 52.2 Å². The van der Waals surface area contributed by atoms with Gasteiger partial charge in [-0.15, -0.1) is 22.7 Å². The maximum Gasteiger partial charge on any atom is 0.229 e. The third-order valence-electron chi connectivity index (χ3n) is 2.95. The van der Waals surface area contributed by atoms with Crippen molar-refractivity contribution in [2.75, 3.05) is 11.9 Å². The molecule has 1 N–H and O–H groups in total. The lowest BCUT2D eigenvalue weighted by atomic mass is 10.3. The molecule has 0 saturated carbocycles. The first kappa shape index (κ1) is 16.0. The third kappa shape index (κ3) is 4.31. The van der Waals surface area contributed by atoms with E-state index in [4.69, 9.17) is 16.3 Å². The number of hydrogen-bond acceptors (Lipinski definition) is 5. The number of ether oxygens (including phenoxy) is 1. The molecule has 0 aliphatic rings. The molecule has 4 nitrogen and oxygen atoms in total. The first-order chi connectivity index (χ1) is 11.2. The number of nitrogens with one attached hydrogen (secondary N) is 1. The number of rotatable bonds is 6. The smallest absolute Gasteiger partial charge is 0.229 e. The molecule has 0 bridgehead atoms. The molecule has 0 spiro atoms. The fraction of sp³-hybridized carbons (Fsp3) is 0.125. The maximum atomic E-state index is 11.9. The summed E-state index contributed by atoms with van der Waals surface area (Å²) < 4.78 is 5.50. The zero-order valence-electron chi connectivity index (χ0n) is 12.0. The molecule has 23 heavy (non-hydrogen) atoms. The van der Waals surface area contributed by atoms with E-state index < -0.39 is 0 Å². The molecule has 1 amide bonds. The van der Waals surface area contributed by atoms with Crippen molar-refractivity contribution in [3.8, 4) is 16.3 Å². The van der Waals surface area contributed by atoms with E-state index in [2.05, 4.69) is 10.3 Å². The minimum absolute atomic E-state index is 0.135. The molecular formula is C16H13ClN2O2S2. The molecule has 0 aliphatic heterocycles. The highest BCUT2D eigenvalue weighted by Crippen LogP contribution is 2.28. The fourth-order valence-electron chi connectivity index (χ4n) is 1.87. The standard InChI is InChI=1S/C16H13ClN2O2S2/c17-11-4-1-2-5-13(11)21-8-7-15(20)19-16-18-12(10-23-16)14-6-3-9-22-14/h1-6,9-10H,7-8H2,(H,18,19,20). The molecule has 0 fully saturated rings. The number of hydrogen-bond donors (Lipinski definition) is 1. The molecule has 118 valence electrons. The minimum atomic E-state index is -0.135. The summed E-state index contributed by atoms with van der Waals surface area (Å²) in [5, 5.41) is 7.85. The number of amides is 1. The zero-order chi connectivity index (χ0) is 16.1. The van der Waals surface area contributed by atoms with Crippen molar-refractivity contribution >= 4 is 45.3 Å². The third-order valence-corrected chi connectivity index (χ3v) is 4.91. The van der Waals surface area contributed by atoms with Gasteiger partial charge >= 0.3 is 0 Å². The Morgan fingerprint density at radius 3 is 2.87 bits per heavy atom. The van der Waals surface area contributed by atoms with Crippen molar-refractivity contribution in [1.82, 2.24) is 4.98 Å². The number of anilines is 1.